The lowest BCUT2D eigenvalue weighted by atomic mass is 10.2. The Balaban J connectivity index is 1.92. The third-order valence-corrected chi connectivity index (χ3v) is 12.1. The minimum Gasteiger partial charge on any atom is -0.412 e. The van der Waals surface area contributed by atoms with Crippen LogP contribution in [-0.4, -0.2) is 47.5 Å². The van der Waals surface area contributed by atoms with Crippen molar-refractivity contribution in [2.24, 2.45) is 13.0 Å². The second-order valence-corrected chi connectivity index (χ2v) is 16.1. The first-order chi connectivity index (χ1) is 14.2. The highest BCUT2D eigenvalue weighted by atomic mass is 32.1. The highest BCUT2D eigenvalue weighted by Gasteiger charge is 2.41. The van der Waals surface area contributed by atoms with E-state index in [4.69, 9.17) is 4.43 Å². The molecule has 3 rings (SSSR count). The molecule has 1 aliphatic rings. The van der Waals surface area contributed by atoms with Crippen LogP contribution in [0.3, 0.4) is 0 Å². The number of rotatable bonds is 5. The molecule has 0 radical (unpaired) electrons. The molecular weight excluding hydrogens is 430 g/mol. The molecule has 0 aliphatic carbocycles. The van der Waals surface area contributed by atoms with Crippen LogP contribution in [0.5, 0.6) is 0 Å². The molecule has 0 N–H and O–H groups in total. The Hall–Kier alpha value is -1.71. The van der Waals surface area contributed by atoms with E-state index in [0.717, 1.165) is 11.0 Å². The molecular formula is C22H35N3O4SSi. The van der Waals surface area contributed by atoms with Crippen LogP contribution < -0.4 is 11.2 Å². The molecule has 1 fully saturated rings. The summed E-state index contributed by atoms with van der Waals surface area (Å²) >= 11 is 1.30. The number of carbonyl (C=O) groups is 1. The molecule has 1 saturated heterocycles. The number of nitrogens with zero attached hydrogens (tertiary/aromatic N) is 3. The van der Waals surface area contributed by atoms with E-state index in [1.807, 2.05) is 13.8 Å². The van der Waals surface area contributed by atoms with E-state index in [9.17, 15) is 14.4 Å². The number of likely N-dealkylation sites (tertiary alicyclic amines) is 1. The quantitative estimate of drug-likeness (QED) is 0.632. The number of amides is 1. The molecule has 2 aromatic rings. The summed E-state index contributed by atoms with van der Waals surface area (Å²) in [5.74, 6) is 0.0888. The maximum absolute atomic E-state index is 13.4. The Morgan fingerprint density at radius 2 is 1.94 bits per heavy atom. The Morgan fingerprint density at radius 1 is 1.29 bits per heavy atom. The van der Waals surface area contributed by atoms with Gasteiger partial charge >= 0.3 is 5.69 Å². The standard InChI is InChI=1S/C22H35N3O4SSi/c1-14(2)11-25-20-17(19(27)23(6)21(25)28)16(13-30-20)18(26)24-10-9-15(12-24)29-31(7,8)22(3,4)5/h13-15H,9-12H2,1-8H3/t15-/m1/s1. The molecule has 1 amide bonds. The van der Waals surface area contributed by atoms with Crippen molar-refractivity contribution in [1.82, 2.24) is 14.0 Å². The van der Waals surface area contributed by atoms with Crippen LogP contribution in [-0.2, 0) is 18.0 Å². The Labute approximate surface area is 188 Å². The van der Waals surface area contributed by atoms with Crippen LogP contribution in [0, 0.1) is 5.92 Å². The molecule has 7 nitrogen and oxygen atoms in total. The van der Waals surface area contributed by atoms with Gasteiger partial charge in [-0.1, -0.05) is 34.6 Å². The van der Waals surface area contributed by atoms with Gasteiger partial charge in [0.1, 0.15) is 4.83 Å². The van der Waals surface area contributed by atoms with Gasteiger partial charge in [-0.05, 0) is 30.5 Å². The molecule has 2 aromatic heterocycles. The van der Waals surface area contributed by atoms with Gasteiger partial charge in [-0.3, -0.25) is 18.7 Å². The van der Waals surface area contributed by atoms with Crippen molar-refractivity contribution in [3.63, 3.8) is 0 Å². The zero-order chi connectivity index (χ0) is 23.3. The summed E-state index contributed by atoms with van der Waals surface area (Å²) in [6, 6.07) is 0. The van der Waals surface area contributed by atoms with E-state index >= 15 is 0 Å². The maximum Gasteiger partial charge on any atom is 0.331 e. The molecule has 0 unspecified atom stereocenters. The smallest absolute Gasteiger partial charge is 0.331 e. The Morgan fingerprint density at radius 3 is 2.52 bits per heavy atom. The van der Waals surface area contributed by atoms with Crippen molar-refractivity contribution in [2.75, 3.05) is 13.1 Å². The summed E-state index contributed by atoms with van der Waals surface area (Å²) < 4.78 is 9.24. The van der Waals surface area contributed by atoms with Gasteiger partial charge in [0, 0.05) is 32.1 Å². The zero-order valence-electron chi connectivity index (χ0n) is 19.9. The van der Waals surface area contributed by atoms with E-state index < -0.39 is 13.9 Å². The number of carbonyl (C=O) groups excluding carboxylic acids is 1. The lowest BCUT2D eigenvalue weighted by Gasteiger charge is -2.38. The van der Waals surface area contributed by atoms with Crippen molar-refractivity contribution in [1.29, 1.82) is 0 Å². The van der Waals surface area contributed by atoms with Gasteiger partial charge in [0.05, 0.1) is 17.1 Å². The van der Waals surface area contributed by atoms with E-state index in [1.54, 1.807) is 14.8 Å². The molecule has 0 aromatic carbocycles. The molecule has 0 spiro atoms. The van der Waals surface area contributed by atoms with Gasteiger partial charge in [-0.2, -0.15) is 0 Å². The third kappa shape index (κ3) is 4.45. The highest BCUT2D eigenvalue weighted by Crippen LogP contribution is 2.38. The number of thiophene rings is 1. The lowest BCUT2D eigenvalue weighted by Crippen LogP contribution is -2.44. The van der Waals surface area contributed by atoms with Gasteiger partial charge < -0.3 is 9.33 Å². The SMILES string of the molecule is CC(C)Cn1c(=O)n(C)c(=O)c2c(C(=O)N3CC[C@@H](O[Si](C)(C)C(C)(C)C)C3)csc21. The van der Waals surface area contributed by atoms with Crippen LogP contribution in [0.2, 0.25) is 18.1 Å². The van der Waals surface area contributed by atoms with Gasteiger partial charge in [0.25, 0.3) is 11.5 Å². The second-order valence-electron chi connectivity index (χ2n) is 10.5. The first-order valence-corrected chi connectivity index (χ1v) is 14.7. The Bertz CT molecular complexity index is 1110. The normalized spacial score (nSPS) is 17.8. The van der Waals surface area contributed by atoms with Crippen molar-refractivity contribution >= 4 is 35.8 Å². The second kappa shape index (κ2) is 8.33. The summed E-state index contributed by atoms with van der Waals surface area (Å²) in [4.78, 5) is 41.3. The largest absolute Gasteiger partial charge is 0.412 e. The van der Waals surface area contributed by atoms with Crippen LogP contribution in [0.15, 0.2) is 15.0 Å². The molecule has 31 heavy (non-hydrogen) atoms. The summed E-state index contributed by atoms with van der Waals surface area (Å²) in [5.41, 5.74) is -0.347. The van der Waals surface area contributed by atoms with Gasteiger partial charge in [0.2, 0.25) is 0 Å². The topological polar surface area (TPSA) is 73.5 Å². The number of aromatic nitrogens is 2. The summed E-state index contributed by atoms with van der Waals surface area (Å²) in [6.07, 6.45) is 0.827. The summed E-state index contributed by atoms with van der Waals surface area (Å²) in [5, 5.41) is 2.19. The molecule has 0 bridgehead atoms. The van der Waals surface area contributed by atoms with E-state index in [0.29, 0.717) is 35.4 Å². The average Bonchev–Trinajstić information content (AvgIpc) is 3.28. The fourth-order valence-corrected chi connectivity index (χ4v) is 6.15. The van der Waals surface area contributed by atoms with Gasteiger partial charge in [-0.25, -0.2) is 4.79 Å². The molecule has 1 aliphatic heterocycles. The minimum atomic E-state index is -1.92. The number of hydrogen-bond donors (Lipinski definition) is 0. The zero-order valence-corrected chi connectivity index (χ0v) is 21.8. The van der Waals surface area contributed by atoms with E-state index in [-0.39, 0.29) is 28.7 Å². The van der Waals surface area contributed by atoms with Crippen LogP contribution in [0.1, 0.15) is 51.4 Å². The van der Waals surface area contributed by atoms with Crippen molar-refractivity contribution in [2.45, 2.75) is 71.8 Å². The Kier molecular flexibility index (Phi) is 6.43. The lowest BCUT2D eigenvalue weighted by molar-refractivity contribution is 0.0770. The molecule has 3 heterocycles. The predicted molar refractivity (Wildman–Crippen MR) is 129 cm³/mol. The van der Waals surface area contributed by atoms with Crippen molar-refractivity contribution < 1.29 is 9.22 Å². The monoisotopic (exact) mass is 465 g/mol. The average molecular weight is 466 g/mol. The van der Waals surface area contributed by atoms with Crippen molar-refractivity contribution in [3.05, 3.63) is 31.8 Å². The summed E-state index contributed by atoms with van der Waals surface area (Å²) in [6.45, 7) is 16.8. The molecule has 9 heteroatoms. The summed E-state index contributed by atoms with van der Waals surface area (Å²) in [7, 11) is -0.439. The first-order valence-electron chi connectivity index (χ1n) is 10.9. The third-order valence-electron chi connectivity index (χ3n) is 6.53. The molecule has 172 valence electrons. The first kappa shape index (κ1) is 23.9. The number of hydrogen-bond acceptors (Lipinski definition) is 5. The van der Waals surface area contributed by atoms with Crippen LogP contribution >= 0.6 is 11.3 Å². The molecule has 0 saturated carbocycles. The maximum atomic E-state index is 13.4. The molecule has 1 atom stereocenters. The van der Waals surface area contributed by atoms with Crippen molar-refractivity contribution in [3.8, 4) is 0 Å². The van der Waals surface area contributed by atoms with Crippen LogP contribution in [0.25, 0.3) is 10.2 Å². The van der Waals surface area contributed by atoms with Crippen LogP contribution in [0.4, 0.5) is 0 Å². The highest BCUT2D eigenvalue weighted by molar-refractivity contribution is 7.17. The van der Waals surface area contributed by atoms with Gasteiger partial charge in [0.15, 0.2) is 8.32 Å². The van der Waals surface area contributed by atoms with E-state index in [2.05, 4.69) is 33.9 Å². The minimum absolute atomic E-state index is 0.0247. The predicted octanol–water partition coefficient (Wildman–Crippen LogP) is 3.65. The fraction of sp³-hybridized carbons (Fsp3) is 0.682. The van der Waals surface area contributed by atoms with E-state index in [1.165, 1.54) is 18.4 Å². The van der Waals surface area contributed by atoms with Gasteiger partial charge in [-0.15, -0.1) is 11.3 Å². The fourth-order valence-electron chi connectivity index (χ4n) is 3.73. The number of fused-ring (bicyclic) bond motifs is 1.